The molecule has 13 nitrogen and oxygen atoms in total. The number of aliphatic carboxylic acids is 1. The Balaban J connectivity index is 1.29. The average molecular weight is 461 g/mol. The Morgan fingerprint density at radius 2 is 2.22 bits per heavy atom. The number of hydrogen-bond donors (Lipinski definition) is 2. The fraction of sp³-hybridized carbons (Fsp3) is 0.556. The van der Waals surface area contributed by atoms with E-state index in [1.54, 1.807) is 19.6 Å². The highest BCUT2D eigenvalue weighted by atomic mass is 32.2. The zero-order valence-corrected chi connectivity index (χ0v) is 18.2. The smallest absolute Gasteiger partial charge is 0.353 e. The van der Waals surface area contributed by atoms with Gasteiger partial charge in [0.05, 0.1) is 23.8 Å². The van der Waals surface area contributed by atoms with Crippen molar-refractivity contribution in [1.29, 1.82) is 0 Å². The number of carbonyl (C=O) groups is 3. The molecule has 0 aliphatic carbocycles. The summed E-state index contributed by atoms with van der Waals surface area (Å²) < 4.78 is 5.27. The van der Waals surface area contributed by atoms with Crippen molar-refractivity contribution in [2.75, 3.05) is 0 Å². The van der Waals surface area contributed by atoms with Crippen molar-refractivity contribution in [3.8, 4) is 0 Å². The van der Waals surface area contributed by atoms with Crippen LogP contribution in [-0.4, -0.2) is 75.0 Å². The minimum atomic E-state index is -1.10. The lowest BCUT2D eigenvalue weighted by Crippen LogP contribution is -2.66. The zero-order valence-electron chi connectivity index (χ0n) is 17.4. The van der Waals surface area contributed by atoms with Gasteiger partial charge in [0.25, 0.3) is 0 Å². The monoisotopic (exact) mass is 460 g/mol. The van der Waals surface area contributed by atoms with Gasteiger partial charge in [-0.3, -0.25) is 9.59 Å². The molecule has 0 spiro atoms. The van der Waals surface area contributed by atoms with Crippen molar-refractivity contribution >= 4 is 29.5 Å². The maximum Gasteiger partial charge on any atom is 0.353 e. The molecule has 0 aromatic carbocycles. The molecule has 0 radical (unpaired) electrons. The van der Waals surface area contributed by atoms with E-state index >= 15 is 0 Å². The van der Waals surface area contributed by atoms with Gasteiger partial charge in [-0.15, -0.1) is 16.9 Å². The highest BCUT2D eigenvalue weighted by Gasteiger charge is 2.60. The summed E-state index contributed by atoms with van der Waals surface area (Å²) in [5.41, 5.74) is 0.0701. The molecule has 1 saturated heterocycles. The standard InChI is InChI=1S/C18H21N9O4S/c1-9-14-13(10(2)21-12(28)5-24-8-20-22-23-24)17(29)27(14)15(18(30)31)16(9)32-11-3-25-6-19-7-26(25)4-11/h6-11,13-14H,3-5H2,1-2H3,(H-,21,28,30,31)/p+1/t9-,10?,13-,14-/m1/s1. The molecule has 32 heavy (non-hydrogen) atoms. The number of rotatable bonds is 7. The first-order valence-corrected chi connectivity index (χ1v) is 11.1. The van der Waals surface area contributed by atoms with Gasteiger partial charge in [0.15, 0.2) is 0 Å². The number of carboxylic acids is 1. The minimum Gasteiger partial charge on any atom is -0.477 e. The number of hydrogen-bond acceptors (Lipinski definition) is 8. The van der Waals surface area contributed by atoms with Crippen molar-refractivity contribution in [3.05, 3.63) is 29.6 Å². The Morgan fingerprint density at radius 3 is 2.91 bits per heavy atom. The van der Waals surface area contributed by atoms with Crippen LogP contribution in [0.25, 0.3) is 0 Å². The molecule has 1 unspecified atom stereocenters. The summed E-state index contributed by atoms with van der Waals surface area (Å²) in [6.45, 7) is 5.11. The Labute approximate surface area is 186 Å². The van der Waals surface area contributed by atoms with Crippen LogP contribution in [0.3, 0.4) is 0 Å². The van der Waals surface area contributed by atoms with Gasteiger partial charge in [-0.05, 0) is 22.3 Å². The lowest BCUT2D eigenvalue weighted by Gasteiger charge is -2.47. The van der Waals surface area contributed by atoms with Gasteiger partial charge in [0, 0.05) is 16.9 Å². The summed E-state index contributed by atoms with van der Waals surface area (Å²) in [4.78, 5) is 43.6. The topological polar surface area (TPSA) is 152 Å². The minimum absolute atomic E-state index is 0.0586. The van der Waals surface area contributed by atoms with Crippen LogP contribution < -0.4 is 10.00 Å². The van der Waals surface area contributed by atoms with E-state index in [4.69, 9.17) is 0 Å². The van der Waals surface area contributed by atoms with E-state index in [1.165, 1.54) is 27.7 Å². The molecule has 5 rings (SSSR count). The van der Waals surface area contributed by atoms with E-state index in [0.29, 0.717) is 0 Å². The second kappa shape index (κ2) is 7.69. The van der Waals surface area contributed by atoms with Crippen molar-refractivity contribution < 1.29 is 24.2 Å². The van der Waals surface area contributed by atoms with Gasteiger partial charge in [-0.25, -0.2) is 9.48 Å². The predicted molar refractivity (Wildman–Crippen MR) is 107 cm³/mol. The summed E-state index contributed by atoms with van der Waals surface area (Å²) >= 11 is 1.52. The molecule has 0 saturated carbocycles. The number of carboxylic acid groups (broad SMARTS) is 1. The van der Waals surface area contributed by atoms with Crippen LogP contribution in [-0.2, 0) is 34.0 Å². The molecule has 1 fully saturated rings. The second-order valence-corrected chi connectivity index (χ2v) is 9.60. The predicted octanol–water partition coefficient (Wildman–Crippen LogP) is -1.75. The molecule has 14 heteroatoms. The van der Waals surface area contributed by atoms with Crippen LogP contribution in [0, 0.1) is 11.8 Å². The Hall–Kier alpha value is -3.29. The quantitative estimate of drug-likeness (QED) is 0.362. The third-order valence-electron chi connectivity index (χ3n) is 6.22. The molecule has 4 atom stereocenters. The van der Waals surface area contributed by atoms with Crippen LogP contribution in [0.1, 0.15) is 13.8 Å². The first kappa shape index (κ1) is 20.6. The fourth-order valence-electron chi connectivity index (χ4n) is 4.84. The second-order valence-electron chi connectivity index (χ2n) is 8.26. The number of carbonyl (C=O) groups excluding carboxylic acids is 2. The Morgan fingerprint density at radius 1 is 1.41 bits per heavy atom. The number of nitrogens with one attached hydrogen (secondary N) is 1. The Kier molecular flexibility index (Phi) is 4.95. The van der Waals surface area contributed by atoms with E-state index in [0.717, 1.165) is 18.0 Å². The highest BCUT2D eigenvalue weighted by Crippen LogP contribution is 2.51. The van der Waals surface area contributed by atoms with Crippen molar-refractivity contribution in [2.24, 2.45) is 11.8 Å². The van der Waals surface area contributed by atoms with Gasteiger partial charge in [0.2, 0.25) is 18.1 Å². The van der Waals surface area contributed by atoms with E-state index in [2.05, 4.69) is 25.8 Å². The molecular formula is C18H22N9O4S+. The van der Waals surface area contributed by atoms with Gasteiger partial charge < -0.3 is 15.3 Å². The van der Waals surface area contributed by atoms with Crippen LogP contribution in [0.5, 0.6) is 0 Å². The van der Waals surface area contributed by atoms with Gasteiger partial charge in [-0.1, -0.05) is 6.92 Å². The summed E-state index contributed by atoms with van der Waals surface area (Å²) in [5.74, 6) is -2.33. The third-order valence-corrected chi connectivity index (χ3v) is 7.67. The molecule has 168 valence electrons. The van der Waals surface area contributed by atoms with E-state index in [9.17, 15) is 19.5 Å². The number of thioether (sulfide) groups is 1. The molecular weight excluding hydrogens is 438 g/mol. The zero-order chi connectivity index (χ0) is 22.6. The largest absolute Gasteiger partial charge is 0.477 e. The first-order chi connectivity index (χ1) is 15.3. The summed E-state index contributed by atoms with van der Waals surface area (Å²) in [7, 11) is 0. The van der Waals surface area contributed by atoms with E-state index in [1.807, 2.05) is 16.3 Å². The SMILES string of the molecule is CC(NC(=O)Cn1cnnn1)[C@H]1C(=O)N2C(C(=O)O)=C(SC3Cn4cnc[n+]4C3)[C@H](C)[C@H]12. The number of nitrogens with zero attached hydrogens (tertiary/aromatic N) is 8. The average Bonchev–Trinajstić information content (AvgIpc) is 3.47. The number of aromatic nitrogens is 7. The summed E-state index contributed by atoms with van der Waals surface area (Å²) in [6, 6.07) is -0.752. The van der Waals surface area contributed by atoms with Gasteiger partial charge in [0.1, 0.15) is 25.1 Å². The first-order valence-electron chi connectivity index (χ1n) is 10.2. The number of β-lactam (4-membered cyclic amide) rings is 1. The number of amides is 2. The molecule has 3 aliphatic heterocycles. The molecule has 2 N–H and O–H groups in total. The van der Waals surface area contributed by atoms with E-state index in [-0.39, 0.29) is 41.3 Å². The Bertz CT molecular complexity index is 1090. The fourth-order valence-corrected chi connectivity index (χ4v) is 6.30. The van der Waals surface area contributed by atoms with Crippen LogP contribution in [0.15, 0.2) is 29.6 Å². The van der Waals surface area contributed by atoms with Crippen molar-refractivity contribution in [1.82, 2.24) is 40.1 Å². The normalized spacial score (nSPS) is 27.2. The molecule has 2 aromatic heterocycles. The third kappa shape index (κ3) is 3.25. The number of tetrazole rings is 1. The highest BCUT2D eigenvalue weighted by molar-refractivity contribution is 8.03. The van der Waals surface area contributed by atoms with Crippen molar-refractivity contribution in [2.45, 2.75) is 50.8 Å². The summed E-state index contributed by atoms with van der Waals surface area (Å²) in [5, 5.41) is 23.5. The molecule has 5 heterocycles. The lowest BCUT2D eigenvalue weighted by atomic mass is 9.78. The van der Waals surface area contributed by atoms with Crippen molar-refractivity contribution in [3.63, 3.8) is 0 Å². The molecule has 0 bridgehead atoms. The summed E-state index contributed by atoms with van der Waals surface area (Å²) in [6.07, 6.45) is 4.83. The maximum absolute atomic E-state index is 13.0. The van der Waals surface area contributed by atoms with E-state index < -0.39 is 17.9 Å². The van der Waals surface area contributed by atoms with Crippen LogP contribution in [0.4, 0.5) is 0 Å². The maximum atomic E-state index is 13.0. The van der Waals surface area contributed by atoms with Gasteiger partial charge >= 0.3 is 12.3 Å². The van der Waals surface area contributed by atoms with Crippen LogP contribution >= 0.6 is 11.8 Å². The lowest BCUT2D eigenvalue weighted by molar-refractivity contribution is -0.758. The van der Waals surface area contributed by atoms with Crippen LogP contribution in [0.2, 0.25) is 0 Å². The number of fused-ring (bicyclic) bond motifs is 2. The molecule has 2 aromatic rings. The molecule has 3 aliphatic rings. The van der Waals surface area contributed by atoms with Gasteiger partial charge in [-0.2, -0.15) is 9.36 Å². The molecule has 2 amide bonds.